The molecule has 0 aliphatic carbocycles. The molecule has 5 aromatic rings. The third kappa shape index (κ3) is 4.23. The maximum Gasteiger partial charge on any atom is 0.231 e. The van der Waals surface area contributed by atoms with Crippen LogP contribution in [0, 0.1) is 0 Å². The van der Waals surface area contributed by atoms with Crippen LogP contribution in [0.1, 0.15) is 11.1 Å². The van der Waals surface area contributed by atoms with Crippen molar-refractivity contribution in [2.45, 2.75) is 6.42 Å². The molecule has 1 aromatic heterocycles. The molecule has 4 aromatic carbocycles. The lowest BCUT2D eigenvalue weighted by Crippen LogP contribution is -2.30. The maximum atomic E-state index is 5.76. The standard InChI is InChI=1S/C32H28NO4/c1-33-19-27-24(13-14-29(34-2)32(27)35-3)16-28(33)26-18-31-30(36-20-37-31)17-25(26)15-21-9-11-23(12-10-21)22-7-5-4-6-8-22/h4-14,16-19H,15,20H2,1-3H3/q+1. The van der Waals surface area contributed by atoms with Crippen molar-refractivity contribution < 1.29 is 23.5 Å². The van der Waals surface area contributed by atoms with Crippen molar-refractivity contribution in [2.75, 3.05) is 21.0 Å². The predicted molar refractivity (Wildman–Crippen MR) is 144 cm³/mol. The molecule has 0 saturated heterocycles. The number of aromatic nitrogens is 1. The number of nitrogens with zero attached hydrogens (tertiary/aromatic N) is 1. The largest absolute Gasteiger partial charge is 0.493 e. The van der Waals surface area contributed by atoms with E-state index in [1.165, 1.54) is 22.3 Å². The van der Waals surface area contributed by atoms with E-state index in [2.05, 4.69) is 90.6 Å². The number of hydrogen-bond donors (Lipinski definition) is 0. The van der Waals surface area contributed by atoms with Crippen molar-refractivity contribution in [3.63, 3.8) is 0 Å². The fourth-order valence-corrected chi connectivity index (χ4v) is 5.04. The first-order valence-corrected chi connectivity index (χ1v) is 12.3. The van der Waals surface area contributed by atoms with E-state index in [4.69, 9.17) is 18.9 Å². The van der Waals surface area contributed by atoms with Gasteiger partial charge in [-0.15, -0.1) is 0 Å². The van der Waals surface area contributed by atoms with Crippen LogP contribution in [0.5, 0.6) is 23.0 Å². The predicted octanol–water partition coefficient (Wildman–Crippen LogP) is 6.34. The second-order valence-corrected chi connectivity index (χ2v) is 9.18. The summed E-state index contributed by atoms with van der Waals surface area (Å²) in [5.74, 6) is 3.00. The number of aryl methyl sites for hydroxylation is 1. The Hall–Kier alpha value is -4.51. The quantitative estimate of drug-likeness (QED) is 0.261. The normalized spacial score (nSPS) is 12.1. The third-order valence-corrected chi connectivity index (χ3v) is 6.94. The molecular formula is C32H28NO4+. The molecule has 0 fully saturated rings. The van der Waals surface area contributed by atoms with Crippen molar-refractivity contribution in [1.82, 2.24) is 0 Å². The van der Waals surface area contributed by atoms with Gasteiger partial charge in [-0.05, 0) is 58.3 Å². The zero-order chi connectivity index (χ0) is 25.4. The van der Waals surface area contributed by atoms with E-state index in [9.17, 15) is 0 Å². The van der Waals surface area contributed by atoms with Gasteiger partial charge in [-0.1, -0.05) is 54.6 Å². The van der Waals surface area contributed by atoms with Gasteiger partial charge in [0.05, 0.1) is 25.2 Å². The number of pyridine rings is 1. The summed E-state index contributed by atoms with van der Waals surface area (Å²) in [7, 11) is 5.38. The van der Waals surface area contributed by atoms with Crippen LogP contribution in [0.3, 0.4) is 0 Å². The molecule has 0 N–H and O–H groups in total. The number of hydrogen-bond acceptors (Lipinski definition) is 4. The molecule has 5 heteroatoms. The molecule has 0 amide bonds. The molecule has 5 nitrogen and oxygen atoms in total. The molecule has 184 valence electrons. The van der Waals surface area contributed by atoms with Crippen molar-refractivity contribution in [2.24, 2.45) is 7.05 Å². The number of fused-ring (bicyclic) bond motifs is 2. The molecule has 0 spiro atoms. The highest BCUT2D eigenvalue weighted by atomic mass is 16.7. The fourth-order valence-electron chi connectivity index (χ4n) is 5.04. The zero-order valence-corrected chi connectivity index (χ0v) is 21.2. The van der Waals surface area contributed by atoms with E-state index in [0.29, 0.717) is 5.75 Å². The van der Waals surface area contributed by atoms with Crippen LogP contribution in [0.2, 0.25) is 0 Å². The van der Waals surface area contributed by atoms with Crippen LogP contribution in [-0.4, -0.2) is 21.0 Å². The Bertz CT molecular complexity index is 1590. The van der Waals surface area contributed by atoms with Crippen molar-refractivity contribution in [3.8, 4) is 45.4 Å². The lowest BCUT2D eigenvalue weighted by atomic mass is 9.94. The number of methoxy groups -OCH3 is 2. The summed E-state index contributed by atoms with van der Waals surface area (Å²) < 4.78 is 24.8. The van der Waals surface area contributed by atoms with E-state index >= 15 is 0 Å². The lowest BCUT2D eigenvalue weighted by Gasteiger charge is -2.13. The monoisotopic (exact) mass is 490 g/mol. The molecule has 0 atom stereocenters. The second-order valence-electron chi connectivity index (χ2n) is 9.18. The van der Waals surface area contributed by atoms with Crippen LogP contribution in [0.15, 0.2) is 91.1 Å². The van der Waals surface area contributed by atoms with E-state index < -0.39 is 0 Å². The van der Waals surface area contributed by atoms with Crippen LogP contribution in [0.4, 0.5) is 0 Å². The summed E-state index contributed by atoms with van der Waals surface area (Å²) in [5.41, 5.74) is 7.01. The molecule has 0 radical (unpaired) electrons. The molecule has 2 heterocycles. The Morgan fingerprint density at radius 2 is 1.51 bits per heavy atom. The van der Waals surface area contributed by atoms with Gasteiger partial charge in [0.25, 0.3) is 0 Å². The first-order chi connectivity index (χ1) is 18.1. The molecule has 37 heavy (non-hydrogen) atoms. The fraction of sp³-hybridized carbons (Fsp3) is 0.156. The summed E-state index contributed by atoms with van der Waals surface area (Å²) in [6, 6.07) is 29.6. The number of ether oxygens (including phenoxy) is 4. The smallest absolute Gasteiger partial charge is 0.231 e. The van der Waals surface area contributed by atoms with Crippen LogP contribution in [-0.2, 0) is 13.5 Å². The number of rotatable bonds is 6. The summed E-state index contributed by atoms with van der Waals surface area (Å²) in [6.45, 7) is 0.241. The SMILES string of the molecule is COc1ccc2cc(-c3cc4c(cc3Cc3ccc(-c5ccccc5)cc3)OCO4)[n+](C)cc2c1OC. The minimum atomic E-state index is 0.241. The molecular weight excluding hydrogens is 462 g/mol. The van der Waals surface area contributed by atoms with Crippen molar-refractivity contribution >= 4 is 10.8 Å². The van der Waals surface area contributed by atoms with Gasteiger partial charge in [0.15, 0.2) is 29.2 Å². The Morgan fingerprint density at radius 3 is 2.24 bits per heavy atom. The topological polar surface area (TPSA) is 40.8 Å². The Kier molecular flexibility index (Phi) is 5.89. The highest BCUT2D eigenvalue weighted by Crippen LogP contribution is 2.41. The van der Waals surface area contributed by atoms with E-state index in [0.717, 1.165) is 45.7 Å². The van der Waals surface area contributed by atoms with E-state index in [1.807, 2.05) is 12.1 Å². The van der Waals surface area contributed by atoms with Gasteiger partial charge < -0.3 is 18.9 Å². The van der Waals surface area contributed by atoms with Gasteiger partial charge >= 0.3 is 0 Å². The summed E-state index contributed by atoms with van der Waals surface area (Å²) >= 11 is 0. The molecule has 1 aliphatic rings. The summed E-state index contributed by atoms with van der Waals surface area (Å²) in [5, 5.41) is 2.06. The average molecular weight is 491 g/mol. The Balaban J connectivity index is 1.43. The third-order valence-electron chi connectivity index (χ3n) is 6.94. The highest BCUT2D eigenvalue weighted by Gasteiger charge is 2.24. The Labute approximate surface area is 216 Å². The minimum absolute atomic E-state index is 0.241. The molecule has 0 bridgehead atoms. The zero-order valence-electron chi connectivity index (χ0n) is 21.2. The first kappa shape index (κ1) is 22.9. The van der Waals surface area contributed by atoms with Gasteiger partial charge in [-0.2, -0.15) is 0 Å². The van der Waals surface area contributed by atoms with E-state index in [1.54, 1.807) is 14.2 Å². The van der Waals surface area contributed by atoms with Crippen LogP contribution >= 0.6 is 0 Å². The number of benzene rings is 4. The van der Waals surface area contributed by atoms with Gasteiger partial charge in [0.2, 0.25) is 12.5 Å². The first-order valence-electron chi connectivity index (χ1n) is 12.3. The second kappa shape index (κ2) is 9.51. The molecule has 0 unspecified atom stereocenters. The Morgan fingerprint density at radius 1 is 0.784 bits per heavy atom. The van der Waals surface area contributed by atoms with Gasteiger partial charge in [-0.25, -0.2) is 4.57 Å². The average Bonchev–Trinajstić information content (AvgIpc) is 3.40. The molecule has 1 aliphatic heterocycles. The summed E-state index contributed by atoms with van der Waals surface area (Å²) in [4.78, 5) is 0. The van der Waals surface area contributed by atoms with Crippen molar-refractivity contribution in [3.05, 3.63) is 102 Å². The summed E-state index contributed by atoms with van der Waals surface area (Å²) in [6.07, 6.45) is 2.86. The maximum absolute atomic E-state index is 5.76. The van der Waals surface area contributed by atoms with Gasteiger partial charge in [0, 0.05) is 6.07 Å². The minimum Gasteiger partial charge on any atom is -0.493 e. The van der Waals surface area contributed by atoms with Crippen LogP contribution in [0.25, 0.3) is 33.2 Å². The molecule has 0 saturated carbocycles. The van der Waals surface area contributed by atoms with Gasteiger partial charge in [-0.3, -0.25) is 0 Å². The van der Waals surface area contributed by atoms with E-state index in [-0.39, 0.29) is 6.79 Å². The highest BCUT2D eigenvalue weighted by molar-refractivity contribution is 5.91. The molecule has 6 rings (SSSR count). The lowest BCUT2D eigenvalue weighted by molar-refractivity contribution is -0.659. The van der Waals surface area contributed by atoms with Gasteiger partial charge in [0.1, 0.15) is 7.05 Å². The van der Waals surface area contributed by atoms with Crippen molar-refractivity contribution in [1.29, 1.82) is 0 Å². The van der Waals surface area contributed by atoms with Crippen LogP contribution < -0.4 is 23.5 Å².